The van der Waals surface area contributed by atoms with E-state index in [1.54, 1.807) is 0 Å². The molecule has 6 heteroatoms. The fraction of sp³-hybridized carbons (Fsp3) is 0.0714. The Morgan fingerprint density at radius 3 is 2.30 bits per heavy atom. The molecule has 104 valence electrons. The van der Waals surface area contributed by atoms with E-state index in [1.165, 1.54) is 12.1 Å². The molecule has 2 aromatic carbocycles. The number of benzene rings is 2. The average Bonchev–Trinajstić information content (AvgIpc) is 2.40. The van der Waals surface area contributed by atoms with Gasteiger partial charge in [-0.25, -0.2) is 17.6 Å². The van der Waals surface area contributed by atoms with Crippen molar-refractivity contribution in [3.05, 3.63) is 69.2 Å². The number of halogens is 5. The maximum atomic E-state index is 13.5. The zero-order chi connectivity index (χ0) is 14.9. The highest BCUT2D eigenvalue weighted by Crippen LogP contribution is 2.20. The average molecular weight is 347 g/mol. The van der Waals surface area contributed by atoms with Crippen molar-refractivity contribution in [2.24, 2.45) is 0 Å². The van der Waals surface area contributed by atoms with Crippen LogP contribution in [-0.2, 0) is 6.42 Å². The van der Waals surface area contributed by atoms with E-state index in [9.17, 15) is 22.4 Å². The van der Waals surface area contributed by atoms with Gasteiger partial charge in [-0.05, 0) is 35.9 Å². The third-order valence-electron chi connectivity index (χ3n) is 2.69. The predicted octanol–water partition coefficient (Wildman–Crippen LogP) is 4.43. The van der Waals surface area contributed by atoms with E-state index in [2.05, 4.69) is 15.9 Å². The van der Waals surface area contributed by atoms with Crippen LogP contribution in [0.3, 0.4) is 0 Å². The Bertz CT molecular complexity index is 685. The minimum absolute atomic E-state index is 0.0357. The highest BCUT2D eigenvalue weighted by molar-refractivity contribution is 9.10. The van der Waals surface area contributed by atoms with Crippen molar-refractivity contribution in [1.29, 1.82) is 0 Å². The van der Waals surface area contributed by atoms with E-state index >= 15 is 0 Å². The molecule has 0 heterocycles. The van der Waals surface area contributed by atoms with Gasteiger partial charge in [-0.15, -0.1) is 0 Å². The molecule has 0 radical (unpaired) electrons. The summed E-state index contributed by atoms with van der Waals surface area (Å²) in [6.07, 6.45) is -0.451. The Labute approximate surface area is 120 Å². The molecule has 20 heavy (non-hydrogen) atoms. The van der Waals surface area contributed by atoms with Gasteiger partial charge in [0.05, 0.1) is 5.56 Å². The molecule has 0 N–H and O–H groups in total. The molecule has 0 saturated heterocycles. The van der Waals surface area contributed by atoms with Gasteiger partial charge in [-0.2, -0.15) is 0 Å². The Balaban J connectivity index is 2.33. The molecule has 0 fully saturated rings. The smallest absolute Gasteiger partial charge is 0.195 e. The molecule has 0 bridgehead atoms. The van der Waals surface area contributed by atoms with Crippen LogP contribution in [0.1, 0.15) is 15.9 Å². The van der Waals surface area contributed by atoms with Crippen LogP contribution in [-0.4, -0.2) is 5.78 Å². The first kappa shape index (κ1) is 14.7. The molecule has 0 saturated carbocycles. The molecular weight excluding hydrogens is 340 g/mol. The second-order valence-electron chi connectivity index (χ2n) is 4.06. The van der Waals surface area contributed by atoms with Crippen molar-refractivity contribution in [3.8, 4) is 0 Å². The molecule has 0 aliphatic carbocycles. The first-order chi connectivity index (χ1) is 9.40. The molecule has 2 rings (SSSR count). The van der Waals surface area contributed by atoms with E-state index < -0.39 is 41.0 Å². The molecule has 0 aliphatic rings. The highest BCUT2D eigenvalue weighted by atomic mass is 79.9. The van der Waals surface area contributed by atoms with Gasteiger partial charge in [0.15, 0.2) is 23.2 Å². The zero-order valence-electron chi connectivity index (χ0n) is 9.89. The number of ketones is 1. The third-order valence-corrected chi connectivity index (χ3v) is 3.19. The summed E-state index contributed by atoms with van der Waals surface area (Å²) in [4.78, 5) is 11.9. The van der Waals surface area contributed by atoms with Crippen molar-refractivity contribution in [3.63, 3.8) is 0 Å². The highest BCUT2D eigenvalue weighted by Gasteiger charge is 2.19. The van der Waals surface area contributed by atoms with Gasteiger partial charge in [0, 0.05) is 10.9 Å². The molecular formula is C14H7BrF4O. The number of rotatable bonds is 3. The Kier molecular flexibility index (Phi) is 4.23. The molecule has 0 amide bonds. The summed E-state index contributed by atoms with van der Waals surface area (Å²) >= 11 is 3.12. The van der Waals surface area contributed by atoms with Crippen molar-refractivity contribution in [2.45, 2.75) is 6.42 Å². The molecule has 0 atom stereocenters. The van der Waals surface area contributed by atoms with E-state index in [0.717, 1.165) is 12.1 Å². The lowest BCUT2D eigenvalue weighted by atomic mass is 10.0. The topological polar surface area (TPSA) is 17.1 Å². The summed E-state index contributed by atoms with van der Waals surface area (Å²) in [6, 6.07) is 5.45. The lowest BCUT2D eigenvalue weighted by molar-refractivity contribution is 0.0986. The lowest BCUT2D eigenvalue weighted by Crippen LogP contribution is -2.09. The summed E-state index contributed by atoms with van der Waals surface area (Å²) in [5, 5.41) is 0. The molecule has 0 aromatic heterocycles. The summed E-state index contributed by atoms with van der Waals surface area (Å²) in [7, 11) is 0. The number of carbonyl (C=O) groups is 1. The Morgan fingerprint density at radius 2 is 1.60 bits per heavy atom. The zero-order valence-corrected chi connectivity index (χ0v) is 11.5. The Morgan fingerprint density at radius 1 is 0.950 bits per heavy atom. The first-order valence-electron chi connectivity index (χ1n) is 5.50. The molecule has 1 nitrogen and oxygen atoms in total. The van der Waals surface area contributed by atoms with Gasteiger partial charge in [0.25, 0.3) is 0 Å². The van der Waals surface area contributed by atoms with Crippen LogP contribution < -0.4 is 0 Å². The summed E-state index contributed by atoms with van der Waals surface area (Å²) in [5.41, 5.74) is -0.572. The van der Waals surface area contributed by atoms with Crippen LogP contribution in [0.25, 0.3) is 0 Å². The van der Waals surface area contributed by atoms with E-state index in [-0.39, 0.29) is 5.56 Å². The van der Waals surface area contributed by atoms with Crippen LogP contribution in [0.15, 0.2) is 34.8 Å². The van der Waals surface area contributed by atoms with Crippen LogP contribution >= 0.6 is 15.9 Å². The van der Waals surface area contributed by atoms with Crippen LogP contribution in [0.5, 0.6) is 0 Å². The van der Waals surface area contributed by atoms with Crippen LogP contribution in [0.2, 0.25) is 0 Å². The van der Waals surface area contributed by atoms with Gasteiger partial charge in [-0.1, -0.05) is 15.9 Å². The molecule has 2 aromatic rings. The second-order valence-corrected chi connectivity index (χ2v) is 4.97. The van der Waals surface area contributed by atoms with E-state index in [4.69, 9.17) is 0 Å². The maximum absolute atomic E-state index is 13.5. The van der Waals surface area contributed by atoms with Gasteiger partial charge in [0.1, 0.15) is 5.82 Å². The van der Waals surface area contributed by atoms with Crippen molar-refractivity contribution >= 4 is 21.7 Å². The summed E-state index contributed by atoms with van der Waals surface area (Å²) in [6.45, 7) is 0. The van der Waals surface area contributed by atoms with E-state index in [1.807, 2.05) is 0 Å². The van der Waals surface area contributed by atoms with Gasteiger partial charge < -0.3 is 0 Å². The minimum atomic E-state index is -1.72. The first-order valence-corrected chi connectivity index (χ1v) is 6.30. The van der Waals surface area contributed by atoms with Crippen LogP contribution in [0.4, 0.5) is 17.6 Å². The third kappa shape index (κ3) is 2.90. The fourth-order valence-electron chi connectivity index (χ4n) is 1.69. The van der Waals surface area contributed by atoms with Gasteiger partial charge in [0.2, 0.25) is 0 Å². The van der Waals surface area contributed by atoms with Crippen molar-refractivity contribution < 1.29 is 22.4 Å². The number of hydrogen-bond acceptors (Lipinski definition) is 1. The number of Topliss-reactive ketones (excluding diaryl/α,β-unsaturated/α-hetero) is 1. The largest absolute Gasteiger partial charge is 0.294 e. The fourth-order valence-corrected chi connectivity index (χ4v) is 2.10. The normalized spacial score (nSPS) is 10.7. The standard InChI is InChI=1S/C14H7BrF4O/c15-8-1-3-10(16)7(5-8)6-12(20)9-2-4-11(17)14(19)13(9)18/h1-5H,6H2. The summed E-state index contributed by atoms with van der Waals surface area (Å²) in [5.74, 6) is -6.13. The number of hydrogen-bond donors (Lipinski definition) is 0. The van der Waals surface area contributed by atoms with Crippen molar-refractivity contribution in [2.75, 3.05) is 0 Å². The summed E-state index contributed by atoms with van der Waals surface area (Å²) < 4.78 is 53.3. The Hall–Kier alpha value is -1.69. The predicted molar refractivity (Wildman–Crippen MR) is 68.5 cm³/mol. The minimum Gasteiger partial charge on any atom is -0.294 e. The molecule has 0 aliphatic heterocycles. The molecule has 0 spiro atoms. The van der Waals surface area contributed by atoms with E-state index in [0.29, 0.717) is 10.5 Å². The number of carbonyl (C=O) groups excluding carboxylic acids is 1. The van der Waals surface area contributed by atoms with Crippen molar-refractivity contribution in [1.82, 2.24) is 0 Å². The monoisotopic (exact) mass is 346 g/mol. The quantitative estimate of drug-likeness (QED) is 0.456. The molecule has 0 unspecified atom stereocenters. The SMILES string of the molecule is O=C(Cc1cc(Br)ccc1F)c1ccc(F)c(F)c1F. The van der Waals surface area contributed by atoms with Gasteiger partial charge in [-0.3, -0.25) is 4.79 Å². The maximum Gasteiger partial charge on any atom is 0.195 e. The second kappa shape index (κ2) is 5.75. The lowest BCUT2D eigenvalue weighted by Gasteiger charge is -2.06. The van der Waals surface area contributed by atoms with Crippen LogP contribution in [0, 0.1) is 23.3 Å². The van der Waals surface area contributed by atoms with Gasteiger partial charge >= 0.3 is 0 Å².